The number of hydrogen-bond donors (Lipinski definition) is 4. The number of aromatic amines is 1. The van der Waals surface area contributed by atoms with E-state index >= 15 is 0 Å². The van der Waals surface area contributed by atoms with Crippen LogP contribution in [0.2, 0.25) is 0 Å². The summed E-state index contributed by atoms with van der Waals surface area (Å²) in [6.45, 7) is 2.84. The molecule has 31 heavy (non-hydrogen) atoms. The molecule has 0 aliphatic carbocycles. The number of nitrogens with one attached hydrogen (secondary N) is 4. The van der Waals surface area contributed by atoms with Crippen molar-refractivity contribution in [1.29, 1.82) is 0 Å². The fraction of sp³-hybridized carbons (Fsp3) is 0.417. The highest BCUT2D eigenvalue weighted by Crippen LogP contribution is 2.21. The highest BCUT2D eigenvalue weighted by atomic mass is 16.5. The molecular weight excluding hydrogens is 390 g/mol. The van der Waals surface area contributed by atoms with Gasteiger partial charge in [-0.1, -0.05) is 24.3 Å². The highest BCUT2D eigenvalue weighted by molar-refractivity contribution is 5.76. The zero-order valence-corrected chi connectivity index (χ0v) is 18.0. The zero-order chi connectivity index (χ0) is 21.5. The number of nitrogens with zero attached hydrogens (tertiary/aromatic N) is 1. The summed E-state index contributed by atoms with van der Waals surface area (Å²) in [6.07, 6.45) is 4.01. The predicted octanol–water partition coefficient (Wildman–Crippen LogP) is 3.54. The van der Waals surface area contributed by atoms with Crippen molar-refractivity contribution in [2.45, 2.75) is 31.7 Å². The number of aromatic nitrogens is 2. The van der Waals surface area contributed by atoms with Gasteiger partial charge in [-0.3, -0.25) is 0 Å². The molecule has 2 amide bonds. The first kappa shape index (κ1) is 21.2. The quantitative estimate of drug-likeness (QED) is 0.448. The number of carbonyl (C=O) groups is 1. The molecule has 1 aliphatic heterocycles. The molecule has 1 unspecified atom stereocenters. The normalized spacial score (nSPS) is 15.5. The van der Waals surface area contributed by atoms with E-state index in [2.05, 4.69) is 20.9 Å². The van der Waals surface area contributed by atoms with Gasteiger partial charge in [-0.2, -0.15) is 0 Å². The minimum absolute atomic E-state index is 0.159. The van der Waals surface area contributed by atoms with E-state index in [1.807, 2.05) is 48.5 Å². The molecule has 7 nitrogen and oxygen atoms in total. The molecular formula is C24H31N5O2. The van der Waals surface area contributed by atoms with Gasteiger partial charge in [0.25, 0.3) is 0 Å². The lowest BCUT2D eigenvalue weighted by Gasteiger charge is -2.23. The lowest BCUT2D eigenvalue weighted by molar-refractivity contribution is 0.234. The number of hydrogen-bond acceptors (Lipinski definition) is 4. The van der Waals surface area contributed by atoms with Gasteiger partial charge < -0.3 is 25.7 Å². The number of ether oxygens (including phenoxy) is 1. The van der Waals surface area contributed by atoms with Gasteiger partial charge in [-0.05, 0) is 74.5 Å². The van der Waals surface area contributed by atoms with Crippen LogP contribution in [-0.2, 0) is 6.42 Å². The summed E-state index contributed by atoms with van der Waals surface area (Å²) in [5, 5.41) is 9.54. The number of benzene rings is 2. The molecule has 0 radical (unpaired) electrons. The molecule has 3 aromatic rings. The van der Waals surface area contributed by atoms with Crippen LogP contribution in [0.15, 0.2) is 48.5 Å². The first-order chi connectivity index (χ1) is 15.2. The van der Waals surface area contributed by atoms with E-state index in [9.17, 15) is 4.79 Å². The van der Waals surface area contributed by atoms with Gasteiger partial charge in [0.15, 0.2) is 0 Å². The van der Waals surface area contributed by atoms with Crippen molar-refractivity contribution < 1.29 is 9.53 Å². The summed E-state index contributed by atoms with van der Waals surface area (Å²) in [7, 11) is 1.65. The predicted molar refractivity (Wildman–Crippen MR) is 122 cm³/mol. The van der Waals surface area contributed by atoms with Gasteiger partial charge in [0.05, 0.1) is 24.2 Å². The van der Waals surface area contributed by atoms with Crippen molar-refractivity contribution >= 4 is 17.1 Å². The molecule has 0 saturated carbocycles. The molecule has 2 heterocycles. The maximum atomic E-state index is 12.7. The number of para-hydroxylation sites is 2. The van der Waals surface area contributed by atoms with E-state index in [4.69, 9.17) is 9.72 Å². The maximum Gasteiger partial charge on any atom is 0.315 e. The van der Waals surface area contributed by atoms with Crippen LogP contribution >= 0.6 is 0 Å². The number of carbonyl (C=O) groups excluding carboxylic acids is 1. The Balaban J connectivity index is 1.42. The highest BCUT2D eigenvalue weighted by Gasteiger charge is 2.20. The van der Waals surface area contributed by atoms with Crippen molar-refractivity contribution in [2.75, 3.05) is 26.7 Å². The third-order valence-electron chi connectivity index (χ3n) is 5.94. The zero-order valence-electron chi connectivity index (χ0n) is 18.0. The van der Waals surface area contributed by atoms with E-state index in [0.29, 0.717) is 18.9 Å². The van der Waals surface area contributed by atoms with Crippen molar-refractivity contribution in [3.05, 3.63) is 59.9 Å². The van der Waals surface area contributed by atoms with Gasteiger partial charge in [0.2, 0.25) is 0 Å². The Morgan fingerprint density at radius 2 is 1.94 bits per heavy atom. The van der Waals surface area contributed by atoms with Crippen LogP contribution in [0.4, 0.5) is 4.79 Å². The Labute approximate surface area is 183 Å². The molecule has 4 rings (SSSR count). The van der Waals surface area contributed by atoms with E-state index in [0.717, 1.165) is 47.7 Å². The molecule has 164 valence electrons. The van der Waals surface area contributed by atoms with Crippen LogP contribution in [0.1, 0.15) is 36.7 Å². The smallest absolute Gasteiger partial charge is 0.315 e. The van der Waals surface area contributed by atoms with Gasteiger partial charge >= 0.3 is 6.03 Å². The minimum atomic E-state index is -0.264. The maximum absolute atomic E-state index is 12.7. The number of rotatable bonds is 8. The molecule has 1 fully saturated rings. The first-order valence-electron chi connectivity index (χ1n) is 11.0. The Hall–Kier alpha value is -3.06. The van der Waals surface area contributed by atoms with Crippen LogP contribution in [0, 0.1) is 5.92 Å². The van der Waals surface area contributed by atoms with Gasteiger partial charge in [0, 0.05) is 6.54 Å². The van der Waals surface area contributed by atoms with E-state index in [1.165, 1.54) is 12.8 Å². The number of amides is 2. The van der Waals surface area contributed by atoms with E-state index in [-0.39, 0.29) is 12.1 Å². The van der Waals surface area contributed by atoms with Crippen LogP contribution in [-0.4, -0.2) is 42.7 Å². The molecule has 1 aromatic heterocycles. The average Bonchev–Trinajstić information content (AvgIpc) is 3.24. The number of H-pyrrole nitrogens is 1. The molecule has 7 heteroatoms. The summed E-state index contributed by atoms with van der Waals surface area (Å²) >= 11 is 0. The molecule has 1 aliphatic rings. The summed E-state index contributed by atoms with van der Waals surface area (Å²) in [5.41, 5.74) is 2.96. The van der Waals surface area contributed by atoms with Gasteiger partial charge in [-0.15, -0.1) is 0 Å². The van der Waals surface area contributed by atoms with Crippen LogP contribution in [0.5, 0.6) is 5.75 Å². The molecule has 4 N–H and O–H groups in total. The molecule has 1 saturated heterocycles. The molecule has 0 spiro atoms. The van der Waals surface area contributed by atoms with Gasteiger partial charge in [-0.25, -0.2) is 9.78 Å². The Bertz CT molecular complexity index is 946. The Morgan fingerprint density at radius 3 is 2.68 bits per heavy atom. The number of imidazole rings is 1. The summed E-state index contributed by atoms with van der Waals surface area (Å²) in [5.74, 6) is 2.25. The largest absolute Gasteiger partial charge is 0.497 e. The number of urea groups is 1. The molecule has 1 atom stereocenters. The summed E-state index contributed by atoms with van der Waals surface area (Å²) in [4.78, 5) is 20.8. The second kappa shape index (κ2) is 10.3. The summed E-state index contributed by atoms with van der Waals surface area (Å²) in [6, 6.07) is 15.4. The third kappa shape index (κ3) is 5.76. The van der Waals surface area contributed by atoms with Crippen LogP contribution < -0.4 is 20.7 Å². The standard InChI is InChI=1S/C24H31N5O2/c1-31-19-8-6-18(7-9-19)16-22(23-27-20-4-2-3-5-21(20)28-23)29-24(30)26-15-12-17-10-13-25-14-11-17/h2-9,17,22,25H,10-16H2,1H3,(H,27,28)(H2,26,29,30). The molecule has 2 aromatic carbocycles. The second-order valence-corrected chi connectivity index (χ2v) is 8.13. The van der Waals surface area contributed by atoms with E-state index in [1.54, 1.807) is 7.11 Å². The lowest BCUT2D eigenvalue weighted by atomic mass is 9.95. The van der Waals surface area contributed by atoms with Crippen molar-refractivity contribution in [3.8, 4) is 5.75 Å². The van der Waals surface area contributed by atoms with Crippen molar-refractivity contribution in [2.24, 2.45) is 5.92 Å². The lowest BCUT2D eigenvalue weighted by Crippen LogP contribution is -2.40. The topological polar surface area (TPSA) is 91.1 Å². The van der Waals surface area contributed by atoms with E-state index < -0.39 is 0 Å². The van der Waals surface area contributed by atoms with Gasteiger partial charge in [0.1, 0.15) is 11.6 Å². The fourth-order valence-corrected chi connectivity index (χ4v) is 4.12. The first-order valence-corrected chi connectivity index (χ1v) is 11.0. The van der Waals surface area contributed by atoms with Crippen molar-refractivity contribution in [3.63, 3.8) is 0 Å². The monoisotopic (exact) mass is 421 g/mol. The minimum Gasteiger partial charge on any atom is -0.497 e. The Morgan fingerprint density at radius 1 is 1.16 bits per heavy atom. The molecule has 0 bridgehead atoms. The SMILES string of the molecule is COc1ccc(CC(NC(=O)NCCC2CCNCC2)c2nc3ccccc3[nH]2)cc1. The van der Waals surface area contributed by atoms with Crippen LogP contribution in [0.3, 0.4) is 0 Å². The average molecular weight is 422 g/mol. The number of methoxy groups -OCH3 is 1. The van der Waals surface area contributed by atoms with Crippen LogP contribution in [0.25, 0.3) is 11.0 Å². The third-order valence-corrected chi connectivity index (χ3v) is 5.94. The number of fused-ring (bicyclic) bond motifs is 1. The Kier molecular flexibility index (Phi) is 7.04. The fourth-order valence-electron chi connectivity index (χ4n) is 4.12. The number of piperidine rings is 1. The van der Waals surface area contributed by atoms with Crippen molar-refractivity contribution in [1.82, 2.24) is 25.9 Å². The summed E-state index contributed by atoms with van der Waals surface area (Å²) < 4.78 is 5.26. The second-order valence-electron chi connectivity index (χ2n) is 8.13.